The minimum Gasteiger partial charge on any atom is -0.288 e. The van der Waals surface area contributed by atoms with Crippen molar-refractivity contribution in [3.8, 4) is 0 Å². The number of nitrogens with zero attached hydrogens (tertiary/aromatic N) is 4. The molecule has 1 N–H and O–H groups in total. The summed E-state index contributed by atoms with van der Waals surface area (Å²) in [7, 11) is 0. The molecular formula is C21H25N5OS. The number of hydrogen-bond acceptors (Lipinski definition) is 5. The van der Waals surface area contributed by atoms with Crippen molar-refractivity contribution < 1.29 is 4.79 Å². The van der Waals surface area contributed by atoms with Gasteiger partial charge in [-0.25, -0.2) is 9.67 Å². The van der Waals surface area contributed by atoms with Crippen LogP contribution in [-0.4, -0.2) is 25.7 Å². The first kappa shape index (κ1) is 18.8. The van der Waals surface area contributed by atoms with E-state index in [2.05, 4.69) is 47.2 Å². The van der Waals surface area contributed by atoms with E-state index in [0.717, 1.165) is 23.4 Å². The minimum absolute atomic E-state index is 0.137. The van der Waals surface area contributed by atoms with Crippen LogP contribution >= 0.6 is 11.3 Å². The molecule has 1 amide bonds. The maximum absolute atomic E-state index is 12.7. The van der Waals surface area contributed by atoms with Gasteiger partial charge in [-0.05, 0) is 54.4 Å². The number of fused-ring (bicyclic) bond motifs is 1. The van der Waals surface area contributed by atoms with E-state index in [4.69, 9.17) is 0 Å². The molecule has 0 saturated heterocycles. The third kappa shape index (κ3) is 4.14. The molecule has 0 fully saturated rings. The summed E-state index contributed by atoms with van der Waals surface area (Å²) >= 11 is 1.60. The molecule has 0 spiro atoms. The smallest absolute Gasteiger partial charge is 0.268 e. The average Bonchev–Trinajstić information content (AvgIpc) is 3.28. The number of aryl methyl sites for hydroxylation is 1. The highest BCUT2D eigenvalue weighted by Crippen LogP contribution is 2.40. The van der Waals surface area contributed by atoms with Crippen molar-refractivity contribution in [1.82, 2.24) is 19.7 Å². The molecule has 28 heavy (non-hydrogen) atoms. The lowest BCUT2D eigenvalue weighted by Gasteiger charge is -2.33. The van der Waals surface area contributed by atoms with Crippen LogP contribution in [0.3, 0.4) is 0 Å². The number of anilines is 1. The normalized spacial score (nSPS) is 16.6. The quantitative estimate of drug-likeness (QED) is 0.719. The second kappa shape index (κ2) is 7.47. The van der Waals surface area contributed by atoms with Gasteiger partial charge in [-0.15, -0.1) is 16.4 Å². The van der Waals surface area contributed by atoms with E-state index in [1.807, 2.05) is 18.2 Å². The molecule has 0 bridgehead atoms. The third-order valence-corrected chi connectivity index (χ3v) is 6.58. The molecule has 0 saturated carbocycles. The second-order valence-electron chi connectivity index (χ2n) is 8.41. The van der Waals surface area contributed by atoms with Crippen LogP contribution in [0.5, 0.6) is 0 Å². The number of nitrogens with one attached hydrogen (secondary N) is 1. The summed E-state index contributed by atoms with van der Waals surface area (Å²) in [5.41, 5.74) is 2.52. The Morgan fingerprint density at radius 1 is 1.32 bits per heavy atom. The number of rotatable bonds is 4. The van der Waals surface area contributed by atoms with Crippen molar-refractivity contribution in [3.05, 3.63) is 57.8 Å². The molecule has 0 aliphatic heterocycles. The molecule has 7 heteroatoms. The van der Waals surface area contributed by atoms with Crippen LogP contribution in [0.4, 0.5) is 5.95 Å². The molecule has 3 aromatic rings. The highest BCUT2D eigenvalue weighted by Gasteiger charge is 2.30. The first-order valence-corrected chi connectivity index (χ1v) is 10.4. The van der Waals surface area contributed by atoms with E-state index in [-0.39, 0.29) is 5.91 Å². The van der Waals surface area contributed by atoms with Crippen molar-refractivity contribution in [2.75, 3.05) is 5.32 Å². The Labute approximate surface area is 169 Å². The summed E-state index contributed by atoms with van der Waals surface area (Å²) in [6, 6.07) is 7.80. The van der Waals surface area contributed by atoms with E-state index in [0.29, 0.717) is 23.8 Å². The zero-order valence-electron chi connectivity index (χ0n) is 16.5. The molecule has 1 atom stereocenters. The highest BCUT2D eigenvalue weighted by molar-refractivity contribution is 7.14. The number of pyridine rings is 1. The van der Waals surface area contributed by atoms with Gasteiger partial charge < -0.3 is 0 Å². The zero-order chi connectivity index (χ0) is 19.7. The Bertz CT molecular complexity index is 970. The fourth-order valence-corrected chi connectivity index (χ4v) is 4.73. The van der Waals surface area contributed by atoms with Crippen LogP contribution in [0, 0.1) is 11.3 Å². The Morgan fingerprint density at radius 2 is 2.18 bits per heavy atom. The number of carbonyl (C=O) groups is 1. The van der Waals surface area contributed by atoms with Gasteiger partial charge in [-0.2, -0.15) is 0 Å². The van der Waals surface area contributed by atoms with Crippen LogP contribution in [0.1, 0.15) is 53.0 Å². The van der Waals surface area contributed by atoms with Gasteiger partial charge in [0.15, 0.2) is 0 Å². The minimum atomic E-state index is -0.137. The van der Waals surface area contributed by atoms with Crippen molar-refractivity contribution in [2.24, 2.45) is 11.3 Å². The summed E-state index contributed by atoms with van der Waals surface area (Å²) in [6.45, 7) is 7.42. The Hall–Kier alpha value is -2.54. The van der Waals surface area contributed by atoms with Crippen LogP contribution < -0.4 is 5.32 Å². The number of amides is 1. The predicted molar refractivity (Wildman–Crippen MR) is 111 cm³/mol. The zero-order valence-corrected chi connectivity index (χ0v) is 17.3. The van der Waals surface area contributed by atoms with Crippen molar-refractivity contribution in [1.29, 1.82) is 0 Å². The summed E-state index contributed by atoms with van der Waals surface area (Å²) in [5, 5.41) is 7.16. The largest absolute Gasteiger partial charge is 0.288 e. The third-order valence-electron chi connectivity index (χ3n) is 5.34. The molecule has 3 heterocycles. The van der Waals surface area contributed by atoms with Gasteiger partial charge in [0.2, 0.25) is 5.95 Å². The maximum atomic E-state index is 12.7. The molecule has 1 unspecified atom stereocenters. The van der Waals surface area contributed by atoms with Gasteiger partial charge in [0.1, 0.15) is 6.33 Å². The first-order chi connectivity index (χ1) is 13.4. The molecule has 1 aliphatic carbocycles. The number of carbonyl (C=O) groups excluding carboxylic acids is 1. The van der Waals surface area contributed by atoms with E-state index in [1.165, 1.54) is 16.9 Å². The molecule has 146 valence electrons. The molecule has 6 nitrogen and oxygen atoms in total. The fourth-order valence-electron chi connectivity index (χ4n) is 3.62. The Kier molecular flexibility index (Phi) is 5.02. The lowest BCUT2D eigenvalue weighted by molar-refractivity contribution is 0.102. The summed E-state index contributed by atoms with van der Waals surface area (Å²) in [6.07, 6.45) is 6.67. The SMILES string of the molecule is CC(C)(C)C1CCc2sc(C(=O)Nc3ncn(Cc4ccccn4)n3)cc2C1. The maximum Gasteiger partial charge on any atom is 0.268 e. The predicted octanol–water partition coefficient (Wildman–Crippen LogP) is 4.19. The Morgan fingerprint density at radius 3 is 2.93 bits per heavy atom. The van der Waals surface area contributed by atoms with Crippen LogP contribution in [0.25, 0.3) is 0 Å². The number of hydrogen-bond donors (Lipinski definition) is 1. The molecule has 0 radical (unpaired) electrons. The monoisotopic (exact) mass is 395 g/mol. The van der Waals surface area contributed by atoms with Gasteiger partial charge >= 0.3 is 0 Å². The van der Waals surface area contributed by atoms with Crippen molar-refractivity contribution >= 4 is 23.2 Å². The second-order valence-corrected chi connectivity index (χ2v) is 9.54. The summed E-state index contributed by atoms with van der Waals surface area (Å²) < 4.78 is 1.67. The standard InChI is InChI=1S/C21H25N5OS/c1-21(2,3)15-7-8-17-14(10-15)11-18(28-17)19(27)24-20-23-13-26(25-20)12-16-6-4-5-9-22-16/h4-6,9,11,13,15H,7-8,10,12H2,1-3H3,(H,24,25,27). The Balaban J connectivity index is 1.42. The number of thiophene rings is 1. The van der Waals surface area contributed by atoms with Gasteiger partial charge in [0, 0.05) is 11.1 Å². The molecule has 1 aliphatic rings. The van der Waals surface area contributed by atoms with E-state index >= 15 is 0 Å². The topological polar surface area (TPSA) is 72.7 Å². The fraction of sp³-hybridized carbons (Fsp3) is 0.429. The van der Waals surface area contributed by atoms with Crippen LogP contribution in [0.15, 0.2) is 36.8 Å². The lowest BCUT2D eigenvalue weighted by atomic mass is 9.72. The van der Waals surface area contributed by atoms with Gasteiger partial charge in [0.05, 0.1) is 17.1 Å². The van der Waals surface area contributed by atoms with E-state index in [9.17, 15) is 4.79 Å². The van der Waals surface area contributed by atoms with E-state index in [1.54, 1.807) is 28.5 Å². The van der Waals surface area contributed by atoms with E-state index < -0.39 is 0 Å². The summed E-state index contributed by atoms with van der Waals surface area (Å²) in [4.78, 5) is 23.2. The van der Waals surface area contributed by atoms with Gasteiger partial charge in [0.25, 0.3) is 5.91 Å². The molecule has 0 aromatic carbocycles. The molecular weight excluding hydrogens is 370 g/mol. The van der Waals surface area contributed by atoms with Crippen LogP contribution in [0.2, 0.25) is 0 Å². The lowest BCUT2D eigenvalue weighted by Crippen LogP contribution is -2.26. The van der Waals surface area contributed by atoms with Gasteiger partial charge in [-0.3, -0.25) is 15.1 Å². The highest BCUT2D eigenvalue weighted by atomic mass is 32.1. The molecule has 3 aromatic heterocycles. The van der Waals surface area contributed by atoms with Crippen LogP contribution in [-0.2, 0) is 19.4 Å². The summed E-state index contributed by atoms with van der Waals surface area (Å²) in [5.74, 6) is 0.844. The van der Waals surface area contributed by atoms with Crippen molar-refractivity contribution in [2.45, 2.75) is 46.6 Å². The first-order valence-electron chi connectivity index (χ1n) is 9.61. The average molecular weight is 396 g/mol. The van der Waals surface area contributed by atoms with Crippen molar-refractivity contribution in [3.63, 3.8) is 0 Å². The van der Waals surface area contributed by atoms with Gasteiger partial charge in [-0.1, -0.05) is 26.8 Å². The molecule has 4 rings (SSSR count). The number of aromatic nitrogens is 4.